The first-order valence-electron chi connectivity index (χ1n) is 10.8. The van der Waals surface area contributed by atoms with Gasteiger partial charge in [-0.05, 0) is 17.5 Å². The van der Waals surface area contributed by atoms with Crippen LogP contribution >= 0.6 is 0 Å². The van der Waals surface area contributed by atoms with Crippen LogP contribution < -0.4 is 10.6 Å². The summed E-state index contributed by atoms with van der Waals surface area (Å²) in [5, 5.41) is 25.2. The quantitative estimate of drug-likeness (QED) is 0.347. The molecule has 176 valence electrons. The molecule has 0 aliphatic carbocycles. The topological polar surface area (TPSA) is 126 Å². The van der Waals surface area contributed by atoms with Gasteiger partial charge in [-0.3, -0.25) is 4.79 Å². The Balaban J connectivity index is 2.07. The highest BCUT2D eigenvalue weighted by molar-refractivity contribution is 6.11. The largest absolute Gasteiger partial charge is 0.464 e. The van der Waals surface area contributed by atoms with E-state index >= 15 is 0 Å². The average Bonchev–Trinajstić information content (AvgIpc) is 3.09. The molecule has 0 aliphatic rings. The number of carbonyl (C=O) groups is 2. The van der Waals surface area contributed by atoms with E-state index in [0.717, 1.165) is 5.56 Å². The van der Waals surface area contributed by atoms with Crippen LogP contribution in [0.1, 0.15) is 29.9 Å². The summed E-state index contributed by atoms with van der Waals surface area (Å²) in [6.07, 6.45) is 0.800. The maximum atomic E-state index is 12.9. The van der Waals surface area contributed by atoms with Crippen LogP contribution in [0.4, 0.5) is 11.4 Å². The standard InChI is InChI=1S/C24H30N4O5/c1-15(2)13-28-22(24(32)33-3)21(27-20(31)9-16-7-5-4-6-8-16)19-10-17(11-26-23(19)28)25-12-18(30)14-29/h4-8,10-11,15,18,25,29-30H,9,12-14H2,1-3H3,(H,27,31). The van der Waals surface area contributed by atoms with Crippen molar-refractivity contribution < 1.29 is 24.5 Å². The number of methoxy groups -OCH3 is 1. The summed E-state index contributed by atoms with van der Waals surface area (Å²) >= 11 is 0. The zero-order chi connectivity index (χ0) is 24.0. The molecule has 9 nitrogen and oxygen atoms in total. The predicted octanol–water partition coefficient (Wildman–Crippen LogP) is 2.43. The molecule has 1 aromatic carbocycles. The normalized spacial score (nSPS) is 12.1. The van der Waals surface area contributed by atoms with E-state index < -0.39 is 12.1 Å². The summed E-state index contributed by atoms with van der Waals surface area (Å²) < 4.78 is 6.80. The highest BCUT2D eigenvalue weighted by Crippen LogP contribution is 2.33. The van der Waals surface area contributed by atoms with Gasteiger partial charge in [0.05, 0.1) is 43.8 Å². The third-order valence-electron chi connectivity index (χ3n) is 5.05. The molecule has 0 fully saturated rings. The number of nitrogens with zero attached hydrogens (tertiary/aromatic N) is 2. The van der Waals surface area contributed by atoms with Crippen molar-refractivity contribution in [1.29, 1.82) is 0 Å². The lowest BCUT2D eigenvalue weighted by Crippen LogP contribution is -2.22. The van der Waals surface area contributed by atoms with Crippen molar-refractivity contribution in [1.82, 2.24) is 9.55 Å². The lowest BCUT2D eigenvalue weighted by molar-refractivity contribution is -0.115. The zero-order valence-electron chi connectivity index (χ0n) is 19.0. The molecule has 1 amide bonds. The maximum Gasteiger partial charge on any atom is 0.356 e. The minimum absolute atomic E-state index is 0.121. The second-order valence-electron chi connectivity index (χ2n) is 8.24. The number of esters is 1. The van der Waals surface area contributed by atoms with Crippen molar-refractivity contribution in [2.45, 2.75) is 32.9 Å². The fraction of sp³-hybridized carbons (Fsp3) is 0.375. The lowest BCUT2D eigenvalue weighted by atomic mass is 10.1. The smallest absolute Gasteiger partial charge is 0.356 e. The molecule has 0 spiro atoms. The molecule has 3 rings (SSSR count). The molecule has 33 heavy (non-hydrogen) atoms. The lowest BCUT2D eigenvalue weighted by Gasteiger charge is -2.12. The number of hydrogen-bond donors (Lipinski definition) is 4. The summed E-state index contributed by atoms with van der Waals surface area (Å²) in [6.45, 7) is 4.29. The van der Waals surface area contributed by atoms with E-state index in [-0.39, 0.29) is 37.1 Å². The van der Waals surface area contributed by atoms with Crippen LogP contribution in [0.3, 0.4) is 0 Å². The first-order chi connectivity index (χ1) is 15.8. The number of hydrogen-bond acceptors (Lipinski definition) is 7. The number of amides is 1. The van der Waals surface area contributed by atoms with Gasteiger partial charge in [0.25, 0.3) is 0 Å². The zero-order valence-corrected chi connectivity index (χ0v) is 19.0. The second-order valence-corrected chi connectivity index (χ2v) is 8.24. The van der Waals surface area contributed by atoms with E-state index in [0.29, 0.717) is 29.0 Å². The Bertz CT molecular complexity index is 1110. The Labute approximate surface area is 192 Å². The van der Waals surface area contributed by atoms with E-state index in [2.05, 4.69) is 15.6 Å². The molecule has 2 aromatic heterocycles. The van der Waals surface area contributed by atoms with Crippen LogP contribution in [-0.2, 0) is 22.5 Å². The third kappa shape index (κ3) is 5.88. The number of aliphatic hydroxyl groups is 2. The van der Waals surface area contributed by atoms with Crippen molar-refractivity contribution in [2.24, 2.45) is 5.92 Å². The Hall–Kier alpha value is -3.43. The van der Waals surface area contributed by atoms with Gasteiger partial charge in [-0.25, -0.2) is 9.78 Å². The van der Waals surface area contributed by atoms with Gasteiger partial charge in [0.2, 0.25) is 5.91 Å². The van der Waals surface area contributed by atoms with E-state index in [9.17, 15) is 14.7 Å². The molecule has 4 N–H and O–H groups in total. The first-order valence-corrected chi connectivity index (χ1v) is 10.8. The van der Waals surface area contributed by atoms with Gasteiger partial charge in [-0.15, -0.1) is 0 Å². The summed E-state index contributed by atoms with van der Waals surface area (Å²) in [4.78, 5) is 30.2. The third-order valence-corrected chi connectivity index (χ3v) is 5.05. The number of benzene rings is 1. The Morgan fingerprint density at radius 2 is 1.94 bits per heavy atom. The molecule has 1 atom stereocenters. The number of anilines is 2. The summed E-state index contributed by atoms with van der Waals surface area (Å²) in [5.41, 5.74) is 2.51. The van der Waals surface area contributed by atoms with E-state index in [1.807, 2.05) is 44.2 Å². The summed E-state index contributed by atoms with van der Waals surface area (Å²) in [6, 6.07) is 11.1. The Morgan fingerprint density at radius 1 is 1.21 bits per heavy atom. The fourth-order valence-electron chi connectivity index (χ4n) is 3.57. The van der Waals surface area contributed by atoms with Crippen molar-refractivity contribution >= 4 is 34.3 Å². The van der Waals surface area contributed by atoms with Crippen LogP contribution in [0.25, 0.3) is 11.0 Å². The number of aliphatic hydroxyl groups excluding tert-OH is 2. The molecule has 0 aliphatic heterocycles. The highest BCUT2D eigenvalue weighted by atomic mass is 16.5. The number of fused-ring (bicyclic) bond motifs is 1. The minimum Gasteiger partial charge on any atom is -0.464 e. The van der Waals surface area contributed by atoms with Crippen molar-refractivity contribution in [3.05, 3.63) is 53.9 Å². The van der Waals surface area contributed by atoms with Gasteiger partial charge in [0, 0.05) is 18.5 Å². The van der Waals surface area contributed by atoms with Gasteiger partial charge in [-0.1, -0.05) is 44.2 Å². The van der Waals surface area contributed by atoms with E-state index in [1.54, 1.807) is 16.8 Å². The van der Waals surface area contributed by atoms with Crippen molar-refractivity contribution in [3.63, 3.8) is 0 Å². The Kier molecular flexibility index (Phi) is 8.02. The molecule has 3 aromatic rings. The second kappa shape index (κ2) is 10.9. The first kappa shape index (κ1) is 24.2. The van der Waals surface area contributed by atoms with Gasteiger partial charge in [0.1, 0.15) is 5.65 Å². The molecular weight excluding hydrogens is 424 g/mol. The number of rotatable bonds is 10. The molecular formula is C24H30N4O5. The SMILES string of the molecule is COC(=O)c1c(NC(=O)Cc2ccccc2)c2cc(NCC(O)CO)cnc2n1CC(C)C. The van der Waals surface area contributed by atoms with Crippen LogP contribution in [0.2, 0.25) is 0 Å². The van der Waals surface area contributed by atoms with Crippen LogP contribution in [-0.4, -0.2) is 58.0 Å². The number of nitrogens with one attached hydrogen (secondary N) is 2. The Morgan fingerprint density at radius 3 is 2.58 bits per heavy atom. The fourth-order valence-corrected chi connectivity index (χ4v) is 3.57. The molecule has 0 saturated heterocycles. The highest BCUT2D eigenvalue weighted by Gasteiger charge is 2.26. The number of pyridine rings is 1. The molecule has 2 heterocycles. The van der Waals surface area contributed by atoms with Crippen LogP contribution in [0.5, 0.6) is 0 Å². The van der Waals surface area contributed by atoms with E-state index in [4.69, 9.17) is 9.84 Å². The minimum atomic E-state index is -0.929. The molecule has 0 radical (unpaired) electrons. The van der Waals surface area contributed by atoms with Crippen molar-refractivity contribution in [2.75, 3.05) is 30.9 Å². The predicted molar refractivity (Wildman–Crippen MR) is 126 cm³/mol. The molecule has 1 unspecified atom stereocenters. The van der Waals surface area contributed by atoms with Gasteiger partial charge < -0.3 is 30.2 Å². The number of ether oxygens (including phenoxy) is 1. The van der Waals surface area contributed by atoms with Gasteiger partial charge in [0.15, 0.2) is 5.69 Å². The maximum absolute atomic E-state index is 12.9. The van der Waals surface area contributed by atoms with E-state index in [1.165, 1.54) is 7.11 Å². The van der Waals surface area contributed by atoms with Crippen LogP contribution in [0.15, 0.2) is 42.6 Å². The van der Waals surface area contributed by atoms with Crippen molar-refractivity contribution in [3.8, 4) is 0 Å². The van der Waals surface area contributed by atoms with Crippen LogP contribution in [0, 0.1) is 5.92 Å². The molecule has 9 heteroatoms. The number of aromatic nitrogens is 2. The average molecular weight is 455 g/mol. The van der Waals surface area contributed by atoms with Gasteiger partial charge in [-0.2, -0.15) is 0 Å². The molecule has 0 bridgehead atoms. The monoisotopic (exact) mass is 454 g/mol. The summed E-state index contributed by atoms with van der Waals surface area (Å²) in [5.74, 6) is -0.644. The van der Waals surface area contributed by atoms with Gasteiger partial charge >= 0.3 is 5.97 Å². The summed E-state index contributed by atoms with van der Waals surface area (Å²) in [7, 11) is 1.30. The molecule has 0 saturated carbocycles. The number of carbonyl (C=O) groups excluding carboxylic acids is 2.